The first kappa shape index (κ1) is 60.7. The van der Waals surface area contributed by atoms with Crippen LogP contribution in [0.2, 0.25) is 0 Å². The van der Waals surface area contributed by atoms with Crippen LogP contribution >= 0.6 is 0 Å². The van der Waals surface area contributed by atoms with Crippen LogP contribution in [0, 0.1) is 11.8 Å². The van der Waals surface area contributed by atoms with Gasteiger partial charge in [-0.3, -0.25) is 19.2 Å². The van der Waals surface area contributed by atoms with E-state index in [1.54, 1.807) is 36.4 Å². The smallest absolute Gasteiger partial charge is 0.266 e. The van der Waals surface area contributed by atoms with Crippen molar-refractivity contribution in [2.45, 2.75) is 105 Å². The molecule has 2 heterocycles. The molecule has 13 aromatic rings. The fraction of sp³-hybridized carbons (Fsp3) is 0.191. The van der Waals surface area contributed by atoms with Gasteiger partial charge in [-0.1, -0.05) is 152 Å². The largest absolute Gasteiger partial charge is 0.268 e. The van der Waals surface area contributed by atoms with E-state index in [-0.39, 0.29) is 59.1 Å². The number of amides is 4. The quantitative estimate of drug-likeness (QED) is 0.0489. The molecule has 0 saturated heterocycles. The van der Waals surface area contributed by atoms with Crippen molar-refractivity contribution < 1.29 is 28.8 Å². The molecule has 0 bridgehead atoms. The van der Waals surface area contributed by atoms with Crippen molar-refractivity contribution in [2.24, 2.45) is 21.8 Å². The monoisotopic (exact) mass is 1350 g/mol. The van der Waals surface area contributed by atoms with Gasteiger partial charge in [-0.25, -0.2) is 19.4 Å². The Labute approximate surface area is 599 Å². The number of nitrogens with zero attached hydrogens (tertiary/aromatic N) is 4. The number of isocyanates is 2. The van der Waals surface area contributed by atoms with Crippen molar-refractivity contribution >= 4 is 156 Å². The number of rotatable bonds is 8. The van der Waals surface area contributed by atoms with Crippen LogP contribution in [0.25, 0.3) is 120 Å². The molecule has 4 amide bonds. The molecule has 0 unspecified atom stereocenters. The molecule has 10 heteroatoms. The summed E-state index contributed by atoms with van der Waals surface area (Å²) in [6, 6.07) is 52.1. The van der Waals surface area contributed by atoms with Crippen LogP contribution in [0.1, 0.15) is 187 Å². The minimum absolute atomic E-state index is 0.0647. The van der Waals surface area contributed by atoms with Gasteiger partial charge < -0.3 is 0 Å². The fourth-order valence-electron chi connectivity index (χ4n) is 20.1. The Kier molecular flexibility index (Phi) is 12.4. The van der Waals surface area contributed by atoms with Crippen LogP contribution in [-0.2, 0) is 35.3 Å². The summed E-state index contributed by atoms with van der Waals surface area (Å²) in [5.41, 5.74) is 27.5. The fourth-order valence-corrected chi connectivity index (χ4v) is 20.1. The summed E-state index contributed by atoms with van der Waals surface area (Å²) >= 11 is 0. The number of fused-ring (bicyclic) bond motifs is 14. The van der Waals surface area contributed by atoms with Gasteiger partial charge in [0.15, 0.2) is 0 Å². The van der Waals surface area contributed by atoms with Crippen molar-refractivity contribution in [3.63, 3.8) is 0 Å². The Hall–Kier alpha value is -12.1. The molecular formula is C94H66N4O6. The van der Waals surface area contributed by atoms with Gasteiger partial charge in [0.2, 0.25) is 12.2 Å². The van der Waals surface area contributed by atoms with Crippen molar-refractivity contribution in [2.75, 3.05) is 9.80 Å². The summed E-state index contributed by atoms with van der Waals surface area (Å²) in [7, 11) is 0. The summed E-state index contributed by atoms with van der Waals surface area (Å²) in [6.45, 7) is 16.2. The van der Waals surface area contributed by atoms with Crippen LogP contribution in [0.4, 0.5) is 22.7 Å². The number of hydrogen-bond donors (Lipinski definition) is 0. The molecule has 0 N–H and O–H groups in total. The van der Waals surface area contributed by atoms with Gasteiger partial charge in [0, 0.05) is 44.9 Å². The molecule has 104 heavy (non-hydrogen) atoms. The van der Waals surface area contributed by atoms with E-state index >= 15 is 19.2 Å². The molecule has 21 rings (SSSR count). The van der Waals surface area contributed by atoms with E-state index in [9.17, 15) is 9.59 Å². The van der Waals surface area contributed by atoms with Crippen molar-refractivity contribution in [3.05, 3.63) is 259 Å². The zero-order chi connectivity index (χ0) is 70.6. The first-order valence-corrected chi connectivity index (χ1v) is 36.6. The molecule has 0 spiro atoms. The van der Waals surface area contributed by atoms with E-state index in [0.717, 1.165) is 91.4 Å². The number of carbonyl (C=O) groups excluding carboxylic acids is 6. The average molecular weight is 1350 g/mol. The molecular weight excluding hydrogens is 1280 g/mol. The normalized spacial score (nSPS) is 17.1. The lowest BCUT2D eigenvalue weighted by Crippen LogP contribution is -2.42. The molecule has 498 valence electrons. The second kappa shape index (κ2) is 21.3. The number of carbonyl (C=O) groups is 4. The summed E-state index contributed by atoms with van der Waals surface area (Å²) < 4.78 is 0. The van der Waals surface area contributed by atoms with Gasteiger partial charge >= 0.3 is 0 Å². The Morgan fingerprint density at radius 1 is 0.308 bits per heavy atom. The highest BCUT2D eigenvalue weighted by molar-refractivity contribution is 6.44. The van der Waals surface area contributed by atoms with Crippen LogP contribution in [0.3, 0.4) is 0 Å². The number of hydrogen-bond acceptors (Lipinski definition) is 8. The van der Waals surface area contributed by atoms with Gasteiger partial charge in [0.1, 0.15) is 0 Å². The summed E-state index contributed by atoms with van der Waals surface area (Å²) in [4.78, 5) is 94.1. The maximum absolute atomic E-state index is 15.1. The summed E-state index contributed by atoms with van der Waals surface area (Å²) in [6.07, 6.45) is 16.4. The van der Waals surface area contributed by atoms with Crippen LogP contribution in [-0.4, -0.2) is 35.8 Å². The molecule has 0 atom stereocenters. The zero-order valence-corrected chi connectivity index (χ0v) is 58.7. The zero-order valence-electron chi connectivity index (χ0n) is 58.7. The highest BCUT2D eigenvalue weighted by atomic mass is 16.2. The predicted octanol–water partition coefficient (Wildman–Crippen LogP) is 22.3. The molecule has 0 saturated carbocycles. The second-order valence-corrected chi connectivity index (χ2v) is 31.3. The lowest BCUT2D eigenvalue weighted by atomic mass is 9.62. The maximum Gasteiger partial charge on any atom is 0.266 e. The summed E-state index contributed by atoms with van der Waals surface area (Å²) in [5.74, 6) is -1.55. The number of allylic oxidation sites excluding steroid dienone is 8. The van der Waals surface area contributed by atoms with Crippen molar-refractivity contribution in [3.8, 4) is 22.3 Å². The Bertz CT molecular complexity index is 6310. The van der Waals surface area contributed by atoms with Crippen LogP contribution in [0.15, 0.2) is 180 Å². The summed E-state index contributed by atoms with van der Waals surface area (Å²) in [5, 5.41) is 14.9. The molecule has 2 aliphatic heterocycles. The Morgan fingerprint density at radius 2 is 0.567 bits per heavy atom. The van der Waals surface area contributed by atoms with Gasteiger partial charge in [-0.2, -0.15) is 9.98 Å². The molecule has 6 aliphatic carbocycles. The highest BCUT2D eigenvalue weighted by Gasteiger charge is 2.49. The second-order valence-electron chi connectivity index (χ2n) is 31.3. The standard InChI is InChI=1S/C94H66N4O6/c1-43(2)73-37-55(95-41-99)38-74(44(3)4)89(73)97-91(101)69-25-21-61-57-13-17-65-77-33-51-29-47-9-11-49-31-53-35-79-67-19-15-59-63-23-27-71-88-72(94(104)98(93(71)103)90-75(45(5)6)39-56(96-42-100)40-76(90)46(7)8)28-24-64(84(63)88)60-16-20-68(86(67)82(59)60)80(79)36-54(53)32-50(49)12-10-48(47)30-52(51)34-78(77)66-18-14-58(81(57)85(65)66)62-22-26-70(92(97)102)87(69)83(61)62/h13-40,43-46,81,85H,9-12H2,1-8H3. The molecule has 13 aromatic carbocycles. The number of aryl methyl sites for hydroxylation is 4. The first-order chi connectivity index (χ1) is 50.5. The molecule has 10 nitrogen and oxygen atoms in total. The minimum atomic E-state index is -0.362. The lowest BCUT2D eigenvalue weighted by Gasteiger charge is -2.41. The van der Waals surface area contributed by atoms with E-state index < -0.39 is 0 Å². The molecule has 0 radical (unpaired) electrons. The van der Waals surface area contributed by atoms with Crippen LogP contribution in [0.5, 0.6) is 0 Å². The number of aliphatic imine (C=N–C) groups is 2. The van der Waals surface area contributed by atoms with E-state index in [4.69, 9.17) is 0 Å². The van der Waals surface area contributed by atoms with E-state index in [0.29, 0.717) is 55.8 Å². The van der Waals surface area contributed by atoms with Gasteiger partial charge in [0.25, 0.3) is 23.6 Å². The van der Waals surface area contributed by atoms with Gasteiger partial charge in [-0.15, -0.1) is 0 Å². The van der Waals surface area contributed by atoms with E-state index in [1.807, 2.05) is 79.7 Å². The Morgan fingerprint density at radius 3 is 0.885 bits per heavy atom. The lowest BCUT2D eigenvalue weighted by molar-refractivity contribution is 0.0877. The third-order valence-corrected chi connectivity index (χ3v) is 24.7. The average Bonchev–Trinajstić information content (AvgIpc) is 1.42. The number of anilines is 2. The topological polar surface area (TPSA) is 134 Å². The first-order valence-electron chi connectivity index (χ1n) is 36.6. The van der Waals surface area contributed by atoms with Crippen molar-refractivity contribution in [1.29, 1.82) is 0 Å². The minimum Gasteiger partial charge on any atom is -0.268 e. The SMILES string of the molecule is CC(C)c1cc(N=C=O)cc(C(C)C)c1N1C(=O)c2ccc3c4c(ccc(c24)C1=O)C1=CC=C2c4cc5cc6c(cc5cc4C4=CC=C3C1C42)CCc1cc2cc3c(cc2cc1CC6)-c1ccc2c4ccc5c6c(ccc(c7ccc-3c1c72)c64)C(=O)N(c1c(C(C)C)cc(N=C=O)cc1C(C)C)C5=O. The third kappa shape index (κ3) is 7.91. The third-order valence-electron chi connectivity index (χ3n) is 24.7. The predicted molar refractivity (Wildman–Crippen MR) is 418 cm³/mol. The van der Waals surface area contributed by atoms with Crippen LogP contribution < -0.4 is 9.80 Å². The molecule has 0 fully saturated rings. The van der Waals surface area contributed by atoms with Gasteiger partial charge in [-0.05, 0) is 298 Å². The van der Waals surface area contributed by atoms with E-state index in [2.05, 4.69) is 131 Å². The number of benzene rings is 13. The molecule has 8 aliphatic rings. The van der Waals surface area contributed by atoms with E-state index in [1.165, 1.54) is 120 Å². The van der Waals surface area contributed by atoms with Gasteiger partial charge in [0.05, 0.1) is 22.7 Å². The Balaban J connectivity index is 0.601. The highest BCUT2D eigenvalue weighted by Crippen LogP contribution is 2.64. The number of imide groups is 2. The molecule has 0 aromatic heterocycles. The van der Waals surface area contributed by atoms with Crippen molar-refractivity contribution in [1.82, 2.24) is 0 Å². The maximum atomic E-state index is 15.1.